The maximum absolute atomic E-state index is 14.2. The first-order chi connectivity index (χ1) is 21.3. The molecule has 0 aliphatic heterocycles. The highest BCUT2D eigenvalue weighted by Crippen LogP contribution is 2.38. The van der Waals surface area contributed by atoms with Crippen molar-refractivity contribution < 1.29 is 23.6 Å². The summed E-state index contributed by atoms with van der Waals surface area (Å²) in [5.74, 6) is -3.26. The lowest BCUT2D eigenvalue weighted by molar-refractivity contribution is -0.138. The van der Waals surface area contributed by atoms with Gasteiger partial charge in [0.05, 0.1) is 17.0 Å². The van der Waals surface area contributed by atoms with E-state index in [0.717, 1.165) is 16.6 Å². The second-order valence-electron chi connectivity index (χ2n) is 12.1. The summed E-state index contributed by atoms with van der Waals surface area (Å²) in [6.45, 7) is 7.42. The molecule has 0 saturated heterocycles. The Kier molecular flexibility index (Phi) is 10.8. The number of aryl methyl sites for hydroxylation is 1. The van der Waals surface area contributed by atoms with Gasteiger partial charge in [0, 0.05) is 22.5 Å². The van der Waals surface area contributed by atoms with Crippen LogP contribution in [0.3, 0.4) is 0 Å². The molecule has 3 aromatic rings. The van der Waals surface area contributed by atoms with E-state index in [4.69, 9.17) is 28.9 Å². The van der Waals surface area contributed by atoms with Gasteiger partial charge >= 0.3 is 0 Å². The third kappa shape index (κ3) is 7.61. The SMILES string of the molecule is CCC(C)[C@H](NC(=O)Cc1cccc(F)c1)C(=O)N[C@]1(C(=O)NC(C(N)=O)[C@@H](C)CC)CCc2[nH]c3c(Cl)cc(Cl)cc3c2C1. The number of aromatic nitrogens is 1. The maximum atomic E-state index is 14.2. The van der Waals surface area contributed by atoms with E-state index in [1.807, 2.05) is 27.7 Å². The zero-order chi connectivity index (χ0) is 33.1. The van der Waals surface area contributed by atoms with Crippen LogP contribution < -0.4 is 21.7 Å². The van der Waals surface area contributed by atoms with Gasteiger partial charge in [0.25, 0.3) is 0 Å². The third-order valence-electron chi connectivity index (χ3n) is 8.97. The molecule has 12 heteroatoms. The largest absolute Gasteiger partial charge is 0.368 e. The number of H-pyrrole nitrogens is 1. The van der Waals surface area contributed by atoms with Crippen molar-refractivity contribution in [2.24, 2.45) is 17.6 Å². The van der Waals surface area contributed by atoms with Crippen LogP contribution in [0.4, 0.5) is 4.39 Å². The van der Waals surface area contributed by atoms with E-state index >= 15 is 0 Å². The van der Waals surface area contributed by atoms with Gasteiger partial charge in [-0.2, -0.15) is 0 Å². The van der Waals surface area contributed by atoms with Crippen LogP contribution in [0.2, 0.25) is 10.0 Å². The number of halogens is 3. The fraction of sp³-hybridized carbons (Fsp3) is 0.455. The van der Waals surface area contributed by atoms with Gasteiger partial charge in [-0.1, -0.05) is 75.9 Å². The highest BCUT2D eigenvalue weighted by atomic mass is 35.5. The second-order valence-corrected chi connectivity index (χ2v) is 13.0. The fourth-order valence-corrected chi connectivity index (χ4v) is 6.45. The first-order valence-electron chi connectivity index (χ1n) is 15.2. The summed E-state index contributed by atoms with van der Waals surface area (Å²) < 4.78 is 13.7. The summed E-state index contributed by atoms with van der Waals surface area (Å²) in [5, 5.41) is 10.2. The minimum Gasteiger partial charge on any atom is -0.368 e. The Balaban J connectivity index is 1.70. The summed E-state index contributed by atoms with van der Waals surface area (Å²) in [5.41, 5.74) is 6.97. The van der Waals surface area contributed by atoms with Crippen molar-refractivity contribution in [2.45, 2.75) is 83.8 Å². The van der Waals surface area contributed by atoms with Crippen molar-refractivity contribution in [1.82, 2.24) is 20.9 Å². The zero-order valence-electron chi connectivity index (χ0n) is 25.9. The normalized spacial score (nSPS) is 18.7. The van der Waals surface area contributed by atoms with Gasteiger partial charge < -0.3 is 26.7 Å². The van der Waals surface area contributed by atoms with E-state index in [9.17, 15) is 23.6 Å². The van der Waals surface area contributed by atoms with Crippen molar-refractivity contribution in [3.8, 4) is 0 Å². The average Bonchev–Trinajstić information content (AvgIpc) is 3.35. The average molecular weight is 661 g/mol. The molecule has 9 nitrogen and oxygen atoms in total. The molecule has 6 N–H and O–H groups in total. The van der Waals surface area contributed by atoms with E-state index in [1.165, 1.54) is 18.2 Å². The lowest BCUT2D eigenvalue weighted by Gasteiger charge is -2.39. The second kappa shape index (κ2) is 14.2. The molecule has 2 unspecified atom stereocenters. The van der Waals surface area contributed by atoms with Crippen molar-refractivity contribution in [3.05, 3.63) is 69.1 Å². The number of nitrogens with one attached hydrogen (secondary N) is 4. The Bertz CT molecular complexity index is 1610. The lowest BCUT2D eigenvalue weighted by atomic mass is 9.78. The number of hydrogen-bond donors (Lipinski definition) is 5. The van der Waals surface area contributed by atoms with Crippen molar-refractivity contribution in [2.75, 3.05) is 0 Å². The Morgan fingerprint density at radius 1 is 1.02 bits per heavy atom. The Hall–Kier alpha value is -3.63. The van der Waals surface area contributed by atoms with E-state index in [-0.39, 0.29) is 31.1 Å². The molecular weight excluding hydrogens is 620 g/mol. The number of rotatable bonds is 12. The van der Waals surface area contributed by atoms with Crippen LogP contribution in [0.25, 0.3) is 10.9 Å². The molecule has 2 aromatic carbocycles. The lowest BCUT2D eigenvalue weighted by Crippen LogP contribution is -2.67. The molecule has 1 heterocycles. The number of aromatic amines is 1. The zero-order valence-corrected chi connectivity index (χ0v) is 27.4. The third-order valence-corrected chi connectivity index (χ3v) is 9.49. The molecular formula is C33H40Cl2FN5O4. The monoisotopic (exact) mass is 659 g/mol. The first kappa shape index (κ1) is 34.2. The summed E-state index contributed by atoms with van der Waals surface area (Å²) >= 11 is 12.8. The molecule has 4 rings (SSSR count). The number of amides is 4. The van der Waals surface area contributed by atoms with E-state index in [2.05, 4.69) is 20.9 Å². The van der Waals surface area contributed by atoms with Gasteiger partial charge in [-0.05, 0) is 60.1 Å². The number of benzene rings is 2. The molecule has 0 bridgehead atoms. The molecule has 1 aromatic heterocycles. The Morgan fingerprint density at radius 3 is 2.36 bits per heavy atom. The smallest absolute Gasteiger partial charge is 0.246 e. The molecule has 4 amide bonds. The predicted molar refractivity (Wildman–Crippen MR) is 173 cm³/mol. The van der Waals surface area contributed by atoms with Crippen LogP contribution in [0.15, 0.2) is 36.4 Å². The van der Waals surface area contributed by atoms with E-state index in [0.29, 0.717) is 40.4 Å². The molecule has 45 heavy (non-hydrogen) atoms. The van der Waals surface area contributed by atoms with Crippen molar-refractivity contribution >= 4 is 57.7 Å². The summed E-state index contributed by atoms with van der Waals surface area (Å²) in [6, 6.07) is 7.14. The Labute approximate surface area is 272 Å². The molecule has 0 fully saturated rings. The maximum Gasteiger partial charge on any atom is 0.246 e. The minimum absolute atomic E-state index is 0.0764. The first-order valence-corrected chi connectivity index (χ1v) is 16.0. The van der Waals surface area contributed by atoms with E-state index < -0.39 is 47.1 Å². The Morgan fingerprint density at radius 2 is 1.71 bits per heavy atom. The molecule has 0 radical (unpaired) electrons. The molecule has 5 atom stereocenters. The predicted octanol–water partition coefficient (Wildman–Crippen LogP) is 4.75. The summed E-state index contributed by atoms with van der Waals surface area (Å²) in [6.07, 6.45) is 1.68. The fourth-order valence-electron chi connectivity index (χ4n) is 5.91. The van der Waals surface area contributed by atoms with Crippen LogP contribution in [-0.2, 0) is 38.4 Å². The van der Waals surface area contributed by atoms with Gasteiger partial charge in [-0.25, -0.2) is 4.39 Å². The van der Waals surface area contributed by atoms with Crippen LogP contribution in [-0.4, -0.2) is 46.2 Å². The number of nitrogens with two attached hydrogens (primary N) is 1. The molecule has 1 aliphatic rings. The van der Waals surface area contributed by atoms with Crippen LogP contribution in [0.1, 0.15) is 63.8 Å². The molecule has 0 spiro atoms. The van der Waals surface area contributed by atoms with Gasteiger partial charge in [-0.3, -0.25) is 19.2 Å². The number of carbonyl (C=O) groups is 4. The molecule has 1 aliphatic carbocycles. The van der Waals surface area contributed by atoms with Gasteiger partial charge in [0.2, 0.25) is 23.6 Å². The highest BCUT2D eigenvalue weighted by molar-refractivity contribution is 6.38. The minimum atomic E-state index is -1.49. The summed E-state index contributed by atoms with van der Waals surface area (Å²) in [7, 11) is 0. The van der Waals surface area contributed by atoms with Crippen LogP contribution in [0, 0.1) is 17.7 Å². The number of fused-ring (bicyclic) bond motifs is 3. The number of primary amides is 1. The highest BCUT2D eigenvalue weighted by Gasteiger charge is 2.46. The van der Waals surface area contributed by atoms with Gasteiger partial charge in [0.1, 0.15) is 23.4 Å². The van der Waals surface area contributed by atoms with Crippen molar-refractivity contribution in [1.29, 1.82) is 0 Å². The number of hydrogen-bond acceptors (Lipinski definition) is 4. The van der Waals surface area contributed by atoms with Crippen LogP contribution >= 0.6 is 23.2 Å². The van der Waals surface area contributed by atoms with Crippen molar-refractivity contribution in [3.63, 3.8) is 0 Å². The van der Waals surface area contributed by atoms with Gasteiger partial charge in [0.15, 0.2) is 0 Å². The number of carbonyl (C=O) groups excluding carboxylic acids is 4. The van der Waals surface area contributed by atoms with Gasteiger partial charge in [-0.15, -0.1) is 0 Å². The van der Waals surface area contributed by atoms with Crippen LogP contribution in [0.5, 0.6) is 0 Å². The molecule has 242 valence electrons. The molecule has 0 saturated carbocycles. The topological polar surface area (TPSA) is 146 Å². The van der Waals surface area contributed by atoms with E-state index in [1.54, 1.807) is 18.2 Å². The standard InChI is InChI=1S/C33H40Cl2FN5O4/c1-5-17(3)27(30(37)43)40-32(45)33(11-10-25-23(16-33)22-14-20(34)15-24(35)29(22)38-25)41-31(44)28(18(4)6-2)39-26(42)13-19-8-7-9-21(36)12-19/h7-9,12,14-15,17-18,27-28,38H,5-6,10-11,13,16H2,1-4H3,(H2,37,43)(H,39,42)(H,40,45)(H,41,44)/t17-,18?,27?,28-,33+/m0/s1. The summed E-state index contributed by atoms with van der Waals surface area (Å²) in [4.78, 5) is 57.1. The quantitative estimate of drug-likeness (QED) is 0.191.